The fraction of sp³-hybridized carbons (Fsp3) is 0.154. The molecule has 26 heavy (non-hydrogen) atoms. The second kappa shape index (κ2) is 5.23. The van der Waals surface area contributed by atoms with Crippen molar-refractivity contribution in [2.75, 3.05) is 0 Å². The molecule has 0 aliphatic rings. The summed E-state index contributed by atoms with van der Waals surface area (Å²) in [5, 5.41) is 7.97. The van der Waals surface area contributed by atoms with Crippen molar-refractivity contribution in [3.8, 4) is 11.1 Å². The molecule has 0 aliphatic heterocycles. The van der Waals surface area contributed by atoms with Gasteiger partial charge in [-0.25, -0.2) is 0 Å². The van der Waals surface area contributed by atoms with Crippen molar-refractivity contribution in [3.05, 3.63) is 84.4 Å². The first-order valence-corrected chi connectivity index (χ1v) is 9.13. The summed E-state index contributed by atoms with van der Waals surface area (Å²) in [4.78, 5) is 0. The molecule has 124 valence electrons. The van der Waals surface area contributed by atoms with E-state index in [-0.39, 0.29) is 5.41 Å². The van der Waals surface area contributed by atoms with Crippen LogP contribution in [0.3, 0.4) is 0 Å². The van der Waals surface area contributed by atoms with Crippen LogP contribution in [0.1, 0.15) is 26.3 Å². The summed E-state index contributed by atoms with van der Waals surface area (Å²) in [6, 6.07) is 30.6. The monoisotopic (exact) mass is 332 g/mol. The molecule has 0 spiro atoms. The van der Waals surface area contributed by atoms with E-state index in [0.29, 0.717) is 0 Å². The quantitative estimate of drug-likeness (QED) is 0.286. The zero-order valence-electron chi connectivity index (χ0n) is 15.4. The van der Waals surface area contributed by atoms with Crippen LogP contribution < -0.4 is 0 Å². The van der Waals surface area contributed by atoms with Crippen LogP contribution in [-0.4, -0.2) is 0 Å². The van der Waals surface area contributed by atoms with Crippen molar-refractivity contribution in [2.24, 2.45) is 0 Å². The van der Waals surface area contributed by atoms with Crippen molar-refractivity contribution < 1.29 is 0 Å². The molecule has 0 atom stereocenters. The SMILES string of the molecule is CC(C)(C)c1cc2ccc3ccc(-c4c#cccc4)c4ccc(c1)c2c34. The Hall–Kier alpha value is -3.04. The summed E-state index contributed by atoms with van der Waals surface area (Å²) >= 11 is 0. The molecule has 5 aromatic carbocycles. The minimum atomic E-state index is 0.143. The van der Waals surface area contributed by atoms with Gasteiger partial charge in [0.15, 0.2) is 0 Å². The van der Waals surface area contributed by atoms with E-state index >= 15 is 0 Å². The fourth-order valence-corrected chi connectivity index (χ4v) is 4.00. The average molecular weight is 332 g/mol. The van der Waals surface area contributed by atoms with E-state index in [4.69, 9.17) is 0 Å². The minimum Gasteiger partial charge on any atom is -0.0696 e. The zero-order chi connectivity index (χ0) is 17.9. The van der Waals surface area contributed by atoms with Crippen molar-refractivity contribution in [1.82, 2.24) is 0 Å². The molecule has 5 rings (SSSR count). The summed E-state index contributed by atoms with van der Waals surface area (Å²) in [5.41, 5.74) is 3.85. The highest BCUT2D eigenvalue weighted by Crippen LogP contribution is 2.40. The first-order chi connectivity index (χ1) is 12.5. The van der Waals surface area contributed by atoms with Crippen molar-refractivity contribution in [1.29, 1.82) is 0 Å². The Balaban J connectivity index is 1.92. The first kappa shape index (κ1) is 15.2. The van der Waals surface area contributed by atoms with Gasteiger partial charge >= 0.3 is 0 Å². The second-order valence-corrected chi connectivity index (χ2v) is 8.15. The zero-order valence-corrected chi connectivity index (χ0v) is 15.4. The van der Waals surface area contributed by atoms with Gasteiger partial charge < -0.3 is 0 Å². The van der Waals surface area contributed by atoms with E-state index in [9.17, 15) is 0 Å². The highest BCUT2D eigenvalue weighted by atomic mass is 14.2. The van der Waals surface area contributed by atoms with E-state index in [1.807, 2.05) is 12.1 Å². The van der Waals surface area contributed by atoms with Crippen LogP contribution in [0.15, 0.2) is 66.7 Å². The van der Waals surface area contributed by atoms with Gasteiger partial charge in [-0.3, -0.25) is 0 Å². The molecule has 0 fully saturated rings. The average Bonchev–Trinajstić information content (AvgIpc) is 2.65. The predicted molar refractivity (Wildman–Crippen MR) is 112 cm³/mol. The van der Waals surface area contributed by atoms with Crippen LogP contribution in [0.25, 0.3) is 43.4 Å². The van der Waals surface area contributed by atoms with Gasteiger partial charge in [-0.15, -0.1) is 0 Å². The molecule has 0 aliphatic carbocycles. The van der Waals surface area contributed by atoms with Crippen LogP contribution in [0.4, 0.5) is 0 Å². The standard InChI is InChI=1S/C26H20/c1-26(2,3)21-15-19-10-9-18-11-13-22(17-7-5-4-6-8-17)23-14-12-20(16-21)24(19)25(18)23/h4-5,7,9-16H,1-3H3. The van der Waals surface area contributed by atoms with Gasteiger partial charge in [-0.05, 0) is 61.0 Å². The summed E-state index contributed by atoms with van der Waals surface area (Å²) in [6.45, 7) is 6.83. The lowest BCUT2D eigenvalue weighted by Crippen LogP contribution is -2.10. The maximum absolute atomic E-state index is 3.26. The summed E-state index contributed by atoms with van der Waals surface area (Å²) in [5.74, 6) is 0. The Kier molecular flexibility index (Phi) is 3.06. The molecule has 0 amide bonds. The molecule has 0 heterocycles. The fourth-order valence-electron chi connectivity index (χ4n) is 4.00. The molecule has 0 radical (unpaired) electrons. The lowest BCUT2D eigenvalue weighted by Gasteiger charge is -2.21. The minimum absolute atomic E-state index is 0.143. The van der Waals surface area contributed by atoms with Crippen LogP contribution in [-0.2, 0) is 5.41 Å². The summed E-state index contributed by atoms with van der Waals surface area (Å²) in [7, 11) is 0. The van der Waals surface area contributed by atoms with E-state index in [0.717, 1.165) is 5.56 Å². The van der Waals surface area contributed by atoms with E-state index in [1.54, 1.807) is 0 Å². The molecule has 0 bridgehead atoms. The third-order valence-electron chi connectivity index (χ3n) is 5.40. The Morgan fingerprint density at radius 1 is 0.731 bits per heavy atom. The third-order valence-corrected chi connectivity index (χ3v) is 5.40. The first-order valence-electron chi connectivity index (χ1n) is 9.13. The smallest absolute Gasteiger partial charge is 0.0327 e. The maximum atomic E-state index is 3.26. The number of benzene rings is 4. The molecule has 0 nitrogen and oxygen atoms in total. The molecule has 0 saturated carbocycles. The van der Waals surface area contributed by atoms with Gasteiger partial charge in [0.2, 0.25) is 0 Å². The van der Waals surface area contributed by atoms with Gasteiger partial charge in [0, 0.05) is 5.56 Å². The highest BCUT2D eigenvalue weighted by molar-refractivity contribution is 6.25. The highest BCUT2D eigenvalue weighted by Gasteiger charge is 2.17. The molecule has 5 aromatic rings. The van der Waals surface area contributed by atoms with Gasteiger partial charge in [-0.2, -0.15) is 0 Å². The molecule has 0 N–H and O–H groups in total. The Morgan fingerprint density at radius 3 is 2.12 bits per heavy atom. The molecule has 0 heteroatoms. The third kappa shape index (κ3) is 2.18. The van der Waals surface area contributed by atoms with Crippen LogP contribution in [0.2, 0.25) is 0 Å². The van der Waals surface area contributed by atoms with Gasteiger partial charge in [0.1, 0.15) is 0 Å². The van der Waals surface area contributed by atoms with Gasteiger partial charge in [0.25, 0.3) is 0 Å². The number of hydrogen-bond donors (Lipinski definition) is 0. The van der Waals surface area contributed by atoms with Crippen molar-refractivity contribution in [3.63, 3.8) is 0 Å². The van der Waals surface area contributed by atoms with Gasteiger partial charge in [-0.1, -0.05) is 87.5 Å². The lowest BCUT2D eigenvalue weighted by atomic mass is 9.83. The van der Waals surface area contributed by atoms with E-state index < -0.39 is 0 Å². The number of rotatable bonds is 1. The lowest BCUT2D eigenvalue weighted by molar-refractivity contribution is 0.591. The summed E-state index contributed by atoms with van der Waals surface area (Å²) < 4.78 is 0. The topological polar surface area (TPSA) is 0 Å². The predicted octanol–water partition coefficient (Wildman–Crippen LogP) is 7.15. The van der Waals surface area contributed by atoms with E-state index in [2.05, 4.69) is 87.5 Å². The largest absolute Gasteiger partial charge is 0.0696 e. The second-order valence-electron chi connectivity index (χ2n) is 8.15. The molecular formula is C26H20. The molecular weight excluding hydrogens is 312 g/mol. The normalized spacial score (nSPS) is 12.1. The Bertz CT molecular complexity index is 1220. The molecule has 0 aromatic heterocycles. The summed E-state index contributed by atoms with van der Waals surface area (Å²) in [6.07, 6.45) is 0. The van der Waals surface area contributed by atoms with Crippen LogP contribution >= 0.6 is 0 Å². The maximum Gasteiger partial charge on any atom is 0.0327 e. The molecule has 0 saturated heterocycles. The van der Waals surface area contributed by atoms with Crippen LogP contribution in [0.5, 0.6) is 0 Å². The van der Waals surface area contributed by atoms with Crippen LogP contribution in [0, 0.1) is 12.1 Å². The number of hydrogen-bond acceptors (Lipinski definition) is 0. The Labute approximate surface area is 154 Å². The van der Waals surface area contributed by atoms with E-state index in [1.165, 1.54) is 43.4 Å². The molecule has 0 unspecified atom stereocenters. The Morgan fingerprint density at radius 2 is 1.42 bits per heavy atom. The van der Waals surface area contributed by atoms with Crippen molar-refractivity contribution in [2.45, 2.75) is 26.2 Å². The van der Waals surface area contributed by atoms with Crippen molar-refractivity contribution >= 4 is 32.3 Å². The van der Waals surface area contributed by atoms with Gasteiger partial charge in [0.05, 0.1) is 0 Å².